The van der Waals surface area contributed by atoms with Gasteiger partial charge in [0.2, 0.25) is 17.7 Å². The van der Waals surface area contributed by atoms with E-state index < -0.39 is 6.04 Å². The number of nitrogens with zero attached hydrogens (tertiary/aromatic N) is 1. The molecule has 2 fully saturated rings. The molecule has 0 saturated carbocycles. The van der Waals surface area contributed by atoms with E-state index in [2.05, 4.69) is 5.32 Å². The van der Waals surface area contributed by atoms with Crippen LogP contribution in [0.5, 0.6) is 0 Å². The second-order valence-corrected chi connectivity index (χ2v) is 5.97. The molecule has 0 aromatic heterocycles. The smallest absolute Gasteiger partial charge is 0.249 e. The lowest BCUT2D eigenvalue weighted by Gasteiger charge is -2.36. The number of carbonyl (C=O) groups excluding carboxylic acids is 3. The molecule has 0 aliphatic carbocycles. The third-order valence-corrected chi connectivity index (χ3v) is 4.74. The van der Waals surface area contributed by atoms with Gasteiger partial charge >= 0.3 is 0 Å². The second kappa shape index (κ2) is 5.73. The minimum Gasteiger partial charge on any atom is -0.320 e. The summed E-state index contributed by atoms with van der Waals surface area (Å²) in [6, 6.07) is -0.488. The largest absolute Gasteiger partial charge is 0.320 e. The Morgan fingerprint density at radius 2 is 2.22 bits per heavy atom. The standard InChI is InChI=1S/C12H18N2O3S/c1-2-8-11(16)13-10(15)7-14(8)12(17)9-5-3-4-6-18-9/h8-9H,2-7H2,1H3,(H,13,15,16). The first-order valence-electron chi connectivity index (χ1n) is 6.39. The van der Waals surface area contributed by atoms with Crippen LogP contribution in [-0.2, 0) is 14.4 Å². The Balaban J connectivity index is 2.10. The molecule has 0 radical (unpaired) electrons. The van der Waals surface area contributed by atoms with E-state index >= 15 is 0 Å². The average Bonchev–Trinajstić information content (AvgIpc) is 2.38. The summed E-state index contributed by atoms with van der Waals surface area (Å²) >= 11 is 1.65. The van der Waals surface area contributed by atoms with Gasteiger partial charge in [0.05, 0.1) is 5.25 Å². The van der Waals surface area contributed by atoms with Crippen molar-refractivity contribution in [2.75, 3.05) is 12.3 Å². The van der Waals surface area contributed by atoms with E-state index in [0.29, 0.717) is 6.42 Å². The summed E-state index contributed by atoms with van der Waals surface area (Å²) < 4.78 is 0. The van der Waals surface area contributed by atoms with Crippen LogP contribution in [0.3, 0.4) is 0 Å². The van der Waals surface area contributed by atoms with E-state index in [0.717, 1.165) is 25.0 Å². The van der Waals surface area contributed by atoms with Crippen LogP contribution in [0.25, 0.3) is 0 Å². The molecule has 5 nitrogen and oxygen atoms in total. The van der Waals surface area contributed by atoms with Crippen LogP contribution in [0.15, 0.2) is 0 Å². The molecule has 100 valence electrons. The molecule has 3 amide bonds. The number of thioether (sulfide) groups is 1. The quantitative estimate of drug-likeness (QED) is 0.744. The molecule has 0 bridgehead atoms. The summed E-state index contributed by atoms with van der Waals surface area (Å²) in [6.07, 6.45) is 3.59. The highest BCUT2D eigenvalue weighted by Gasteiger charge is 2.38. The van der Waals surface area contributed by atoms with Crippen LogP contribution in [-0.4, -0.2) is 46.2 Å². The van der Waals surface area contributed by atoms with Crippen molar-refractivity contribution in [3.8, 4) is 0 Å². The minimum absolute atomic E-state index is 0.0140. The Morgan fingerprint density at radius 1 is 1.44 bits per heavy atom. The van der Waals surface area contributed by atoms with Gasteiger partial charge in [-0.25, -0.2) is 0 Å². The molecule has 18 heavy (non-hydrogen) atoms. The molecule has 2 unspecified atom stereocenters. The van der Waals surface area contributed by atoms with E-state index in [1.54, 1.807) is 11.8 Å². The first kappa shape index (κ1) is 13.4. The average molecular weight is 270 g/mol. The first-order valence-corrected chi connectivity index (χ1v) is 7.44. The highest BCUT2D eigenvalue weighted by atomic mass is 32.2. The zero-order valence-corrected chi connectivity index (χ0v) is 11.3. The Morgan fingerprint density at radius 3 is 2.83 bits per heavy atom. The third-order valence-electron chi connectivity index (χ3n) is 3.38. The number of amides is 3. The van der Waals surface area contributed by atoms with Crippen LogP contribution in [0.2, 0.25) is 0 Å². The Hall–Kier alpha value is -1.04. The van der Waals surface area contributed by atoms with Gasteiger partial charge in [-0.3, -0.25) is 19.7 Å². The van der Waals surface area contributed by atoms with Crippen molar-refractivity contribution in [1.82, 2.24) is 10.2 Å². The topological polar surface area (TPSA) is 66.5 Å². The Labute approximate surface area is 111 Å². The molecular formula is C12H18N2O3S. The van der Waals surface area contributed by atoms with Gasteiger partial charge in [0.25, 0.3) is 0 Å². The molecule has 2 saturated heterocycles. The van der Waals surface area contributed by atoms with Gasteiger partial charge < -0.3 is 4.90 Å². The highest BCUT2D eigenvalue weighted by molar-refractivity contribution is 8.00. The van der Waals surface area contributed by atoms with Gasteiger partial charge in [-0.15, -0.1) is 11.8 Å². The molecule has 0 aromatic carbocycles. The van der Waals surface area contributed by atoms with Crippen LogP contribution in [0, 0.1) is 0 Å². The number of carbonyl (C=O) groups is 3. The van der Waals surface area contributed by atoms with Crippen LogP contribution in [0.4, 0.5) is 0 Å². The lowest BCUT2D eigenvalue weighted by Crippen LogP contribution is -2.61. The Kier molecular flexibility index (Phi) is 4.27. The summed E-state index contributed by atoms with van der Waals surface area (Å²) in [5.74, 6) is 0.220. The second-order valence-electron chi connectivity index (χ2n) is 4.66. The fraction of sp³-hybridized carbons (Fsp3) is 0.750. The summed E-state index contributed by atoms with van der Waals surface area (Å²) in [7, 11) is 0. The summed E-state index contributed by atoms with van der Waals surface area (Å²) in [5, 5.41) is 2.21. The van der Waals surface area contributed by atoms with Gasteiger partial charge in [-0.2, -0.15) is 0 Å². The first-order chi connectivity index (χ1) is 8.63. The van der Waals surface area contributed by atoms with E-state index in [1.165, 1.54) is 4.90 Å². The number of nitrogens with one attached hydrogen (secondary N) is 1. The summed E-state index contributed by atoms with van der Waals surface area (Å²) in [5.41, 5.74) is 0. The molecule has 2 aliphatic rings. The van der Waals surface area contributed by atoms with Gasteiger partial charge in [0.1, 0.15) is 12.6 Å². The van der Waals surface area contributed by atoms with Crippen molar-refractivity contribution in [3.63, 3.8) is 0 Å². The minimum atomic E-state index is -0.488. The maximum absolute atomic E-state index is 12.4. The van der Waals surface area contributed by atoms with E-state index in [1.807, 2.05) is 6.92 Å². The molecule has 0 spiro atoms. The molecule has 2 rings (SSSR count). The number of imide groups is 1. The maximum atomic E-state index is 12.4. The van der Waals surface area contributed by atoms with Gasteiger partial charge in [0, 0.05) is 0 Å². The number of rotatable bonds is 2. The molecule has 2 heterocycles. The van der Waals surface area contributed by atoms with Crippen molar-refractivity contribution in [3.05, 3.63) is 0 Å². The molecule has 0 aromatic rings. The number of piperazine rings is 1. The van der Waals surface area contributed by atoms with Crippen molar-refractivity contribution < 1.29 is 14.4 Å². The van der Waals surface area contributed by atoms with Crippen LogP contribution in [0.1, 0.15) is 32.6 Å². The van der Waals surface area contributed by atoms with Gasteiger partial charge in [-0.1, -0.05) is 13.3 Å². The molecule has 2 aliphatic heterocycles. The molecular weight excluding hydrogens is 252 g/mol. The van der Waals surface area contributed by atoms with Gasteiger partial charge in [0.15, 0.2) is 0 Å². The fourth-order valence-electron chi connectivity index (χ4n) is 2.42. The fourth-order valence-corrected chi connectivity index (χ4v) is 3.69. The normalized spacial score (nSPS) is 29.1. The van der Waals surface area contributed by atoms with Crippen molar-refractivity contribution in [2.45, 2.75) is 43.9 Å². The van der Waals surface area contributed by atoms with E-state index in [4.69, 9.17) is 0 Å². The SMILES string of the molecule is CCC1C(=O)NC(=O)CN1C(=O)C1CCCCS1. The summed E-state index contributed by atoms with van der Waals surface area (Å²) in [4.78, 5) is 36.9. The van der Waals surface area contributed by atoms with E-state index in [9.17, 15) is 14.4 Å². The lowest BCUT2D eigenvalue weighted by molar-refractivity contribution is -0.150. The number of hydrogen-bond acceptors (Lipinski definition) is 4. The van der Waals surface area contributed by atoms with Gasteiger partial charge in [-0.05, 0) is 25.0 Å². The Bertz CT molecular complexity index is 366. The van der Waals surface area contributed by atoms with Crippen molar-refractivity contribution in [2.24, 2.45) is 0 Å². The zero-order valence-electron chi connectivity index (χ0n) is 10.5. The highest BCUT2D eigenvalue weighted by Crippen LogP contribution is 2.27. The van der Waals surface area contributed by atoms with Crippen molar-refractivity contribution in [1.29, 1.82) is 0 Å². The zero-order chi connectivity index (χ0) is 13.1. The predicted molar refractivity (Wildman–Crippen MR) is 69.0 cm³/mol. The predicted octanol–water partition coefficient (Wildman–Crippen LogP) is 0.536. The molecule has 6 heteroatoms. The van der Waals surface area contributed by atoms with E-state index in [-0.39, 0.29) is 29.5 Å². The third kappa shape index (κ3) is 2.68. The lowest BCUT2D eigenvalue weighted by atomic mass is 10.1. The van der Waals surface area contributed by atoms with Crippen molar-refractivity contribution >= 4 is 29.5 Å². The molecule has 1 N–H and O–H groups in total. The summed E-state index contributed by atoms with van der Waals surface area (Å²) in [6.45, 7) is 1.87. The van der Waals surface area contributed by atoms with Crippen LogP contribution >= 0.6 is 11.8 Å². The number of hydrogen-bond donors (Lipinski definition) is 1. The maximum Gasteiger partial charge on any atom is 0.249 e. The molecule has 2 atom stereocenters. The van der Waals surface area contributed by atoms with Crippen LogP contribution < -0.4 is 5.32 Å². The monoisotopic (exact) mass is 270 g/mol.